The Balaban J connectivity index is 1.36. The predicted octanol–water partition coefficient (Wildman–Crippen LogP) is 4.51. The molecule has 9 nitrogen and oxygen atoms in total. The van der Waals surface area contributed by atoms with E-state index in [9.17, 15) is 19.5 Å². The van der Waals surface area contributed by atoms with Gasteiger partial charge in [-0.1, -0.05) is 24.3 Å². The standard InChI is InChI=1S/C36H44N4O5S/c1-4-37(5-2)25-12-14-26(15-13-25)39-23-10-20-36-31(34(43)40(21-7-8-24-41)32(36)35(39)44)30-29(46-36)11-9-22-38(33(30)42)27-16-18-28(19-17-27)45-6-3/h9-20,29-32,41H,4-8,21-24H2,1-3H3/t29-,30+,31+,32?,36+/m1/s1. The highest BCUT2D eigenvalue weighted by Gasteiger charge is 2.71. The van der Waals surface area contributed by atoms with Crippen molar-refractivity contribution < 1.29 is 24.2 Å². The minimum absolute atomic E-state index is 0.0138. The van der Waals surface area contributed by atoms with Gasteiger partial charge < -0.3 is 29.4 Å². The minimum Gasteiger partial charge on any atom is -0.494 e. The molecule has 1 N–H and O–H groups in total. The Hall–Kier alpha value is -3.76. The zero-order valence-corrected chi connectivity index (χ0v) is 27.7. The van der Waals surface area contributed by atoms with E-state index in [-0.39, 0.29) is 29.6 Å². The van der Waals surface area contributed by atoms with Gasteiger partial charge >= 0.3 is 0 Å². The van der Waals surface area contributed by atoms with E-state index in [0.717, 1.165) is 35.9 Å². The predicted molar refractivity (Wildman–Crippen MR) is 184 cm³/mol. The van der Waals surface area contributed by atoms with Crippen LogP contribution in [0.3, 0.4) is 0 Å². The molecule has 4 aliphatic rings. The second-order valence-corrected chi connectivity index (χ2v) is 13.6. The summed E-state index contributed by atoms with van der Waals surface area (Å²) in [5, 5.41) is 9.28. The number of thioether (sulfide) groups is 1. The van der Waals surface area contributed by atoms with E-state index in [0.29, 0.717) is 39.1 Å². The maximum Gasteiger partial charge on any atom is 0.251 e. The van der Waals surface area contributed by atoms with Crippen LogP contribution in [0.2, 0.25) is 0 Å². The number of ether oxygens (including phenoxy) is 1. The minimum atomic E-state index is -0.888. The molecule has 0 aromatic heterocycles. The van der Waals surface area contributed by atoms with Crippen LogP contribution in [0.15, 0.2) is 72.8 Å². The number of fused-ring (bicyclic) bond motifs is 2. The number of aliphatic hydroxyl groups excluding tert-OH is 1. The molecular formula is C36H44N4O5S. The van der Waals surface area contributed by atoms with Crippen LogP contribution in [0.1, 0.15) is 33.6 Å². The quantitative estimate of drug-likeness (QED) is 0.284. The van der Waals surface area contributed by atoms with Gasteiger partial charge in [0.25, 0.3) is 5.91 Å². The number of likely N-dealkylation sites (tertiary alicyclic amines) is 1. The Kier molecular flexibility index (Phi) is 9.47. The molecule has 4 heterocycles. The number of aliphatic hydroxyl groups is 1. The van der Waals surface area contributed by atoms with E-state index >= 15 is 0 Å². The van der Waals surface area contributed by atoms with Crippen molar-refractivity contribution in [2.24, 2.45) is 11.8 Å². The van der Waals surface area contributed by atoms with Crippen molar-refractivity contribution in [1.82, 2.24) is 4.90 Å². The molecule has 2 saturated heterocycles. The second-order valence-electron chi connectivity index (χ2n) is 12.1. The van der Waals surface area contributed by atoms with Crippen molar-refractivity contribution in [2.75, 3.05) is 60.6 Å². The van der Waals surface area contributed by atoms with Crippen LogP contribution < -0.4 is 19.4 Å². The van der Waals surface area contributed by atoms with E-state index in [1.54, 1.807) is 26.5 Å². The first-order valence-electron chi connectivity index (χ1n) is 16.5. The number of rotatable bonds is 11. The zero-order valence-electron chi connectivity index (χ0n) is 26.9. The fourth-order valence-corrected chi connectivity index (χ4v) is 9.56. The lowest BCUT2D eigenvalue weighted by atomic mass is 9.78. The van der Waals surface area contributed by atoms with E-state index < -0.39 is 22.6 Å². The number of unbranched alkanes of at least 4 members (excludes halogenated alkanes) is 1. The summed E-state index contributed by atoms with van der Waals surface area (Å²) in [6.45, 7) is 9.65. The summed E-state index contributed by atoms with van der Waals surface area (Å²) >= 11 is 1.59. The number of amides is 3. The van der Waals surface area contributed by atoms with Crippen LogP contribution >= 0.6 is 11.8 Å². The summed E-state index contributed by atoms with van der Waals surface area (Å²) in [6.07, 6.45) is 9.22. The highest BCUT2D eigenvalue weighted by atomic mass is 32.2. The molecule has 6 rings (SSSR count). The van der Waals surface area contributed by atoms with Crippen LogP contribution in [0.4, 0.5) is 17.1 Å². The topological polar surface area (TPSA) is 93.6 Å². The van der Waals surface area contributed by atoms with Crippen LogP contribution in [0.25, 0.3) is 0 Å². The maximum atomic E-state index is 14.7. The molecule has 2 aromatic rings. The molecule has 0 bridgehead atoms. The van der Waals surface area contributed by atoms with Gasteiger partial charge in [0.1, 0.15) is 11.8 Å². The molecule has 0 aliphatic carbocycles. The molecule has 5 atom stereocenters. The van der Waals surface area contributed by atoms with Gasteiger partial charge in [0.2, 0.25) is 11.8 Å². The number of hydrogen-bond donors (Lipinski definition) is 1. The second kappa shape index (κ2) is 13.5. The average molecular weight is 645 g/mol. The summed E-state index contributed by atoms with van der Waals surface area (Å²) in [7, 11) is 0. The molecule has 10 heteroatoms. The Morgan fingerprint density at radius 2 is 1.52 bits per heavy atom. The van der Waals surface area contributed by atoms with E-state index in [4.69, 9.17) is 4.74 Å². The fourth-order valence-electron chi connectivity index (χ4n) is 7.56. The first-order chi connectivity index (χ1) is 22.4. The lowest BCUT2D eigenvalue weighted by molar-refractivity contribution is -0.138. The molecule has 46 heavy (non-hydrogen) atoms. The summed E-state index contributed by atoms with van der Waals surface area (Å²) in [4.78, 5) is 51.2. The molecule has 244 valence electrons. The van der Waals surface area contributed by atoms with Crippen molar-refractivity contribution in [3.63, 3.8) is 0 Å². The lowest BCUT2D eigenvalue weighted by Gasteiger charge is -2.35. The van der Waals surface area contributed by atoms with Gasteiger partial charge in [-0.15, -0.1) is 11.8 Å². The van der Waals surface area contributed by atoms with Gasteiger partial charge in [0.05, 0.1) is 23.2 Å². The lowest BCUT2D eigenvalue weighted by Crippen LogP contribution is -2.53. The Morgan fingerprint density at radius 1 is 0.870 bits per heavy atom. The van der Waals surface area contributed by atoms with Crippen LogP contribution in [0, 0.1) is 11.8 Å². The fraction of sp³-hybridized carbons (Fsp3) is 0.472. The van der Waals surface area contributed by atoms with E-state index in [2.05, 4.69) is 30.9 Å². The SMILES string of the molecule is CCOc1ccc(N2CC=C[C@H]3S[C@]45C=CCN(c6ccc(N(CC)CC)cc6)C(=O)C4N(CCCCO)C(=O)[C@@H]5[C@H]3C2=O)cc1. The monoisotopic (exact) mass is 644 g/mol. The van der Waals surface area contributed by atoms with Crippen LogP contribution in [0.5, 0.6) is 5.75 Å². The normalized spacial score (nSPS) is 27.0. The van der Waals surface area contributed by atoms with Gasteiger partial charge in [0.15, 0.2) is 0 Å². The average Bonchev–Trinajstić information content (AvgIpc) is 3.37. The van der Waals surface area contributed by atoms with Gasteiger partial charge in [-0.3, -0.25) is 14.4 Å². The van der Waals surface area contributed by atoms with E-state index in [1.165, 1.54) is 0 Å². The van der Waals surface area contributed by atoms with Gasteiger partial charge in [-0.05, 0) is 82.1 Å². The highest BCUT2D eigenvalue weighted by Crippen LogP contribution is 2.61. The zero-order chi connectivity index (χ0) is 32.4. The highest BCUT2D eigenvalue weighted by molar-refractivity contribution is 8.02. The third-order valence-electron chi connectivity index (χ3n) is 9.72. The maximum absolute atomic E-state index is 14.7. The summed E-state index contributed by atoms with van der Waals surface area (Å²) < 4.78 is 4.72. The number of hydrogen-bond acceptors (Lipinski definition) is 7. The molecule has 1 spiro atoms. The molecule has 1 unspecified atom stereocenters. The Bertz CT molecular complexity index is 1490. The summed E-state index contributed by atoms with van der Waals surface area (Å²) in [5.74, 6) is -0.970. The largest absolute Gasteiger partial charge is 0.494 e. The molecule has 0 saturated carbocycles. The third-order valence-corrected chi connectivity index (χ3v) is 11.5. The molecule has 3 amide bonds. The van der Waals surface area contributed by atoms with Crippen molar-refractivity contribution in [2.45, 2.75) is 49.7 Å². The molecule has 4 aliphatic heterocycles. The molecular weight excluding hydrogens is 600 g/mol. The number of carbonyl (C=O) groups excluding carboxylic acids is 3. The van der Waals surface area contributed by atoms with Crippen molar-refractivity contribution in [1.29, 1.82) is 0 Å². The third kappa shape index (κ3) is 5.49. The van der Waals surface area contributed by atoms with Gasteiger partial charge in [-0.25, -0.2) is 0 Å². The first kappa shape index (κ1) is 32.2. The number of benzene rings is 2. The number of carbonyl (C=O) groups is 3. The molecule has 2 fully saturated rings. The van der Waals surface area contributed by atoms with Crippen molar-refractivity contribution in [3.8, 4) is 5.75 Å². The van der Waals surface area contributed by atoms with Crippen LogP contribution in [-0.4, -0.2) is 89.7 Å². The molecule has 0 radical (unpaired) electrons. The smallest absolute Gasteiger partial charge is 0.251 e. The Labute approximate surface area is 275 Å². The van der Waals surface area contributed by atoms with E-state index in [1.807, 2.05) is 67.6 Å². The van der Waals surface area contributed by atoms with Crippen LogP contribution in [-0.2, 0) is 14.4 Å². The number of anilines is 3. The van der Waals surface area contributed by atoms with Gasteiger partial charge in [-0.2, -0.15) is 0 Å². The van der Waals surface area contributed by atoms with Crippen molar-refractivity contribution >= 4 is 46.5 Å². The summed E-state index contributed by atoms with van der Waals surface area (Å²) in [5.41, 5.74) is 2.63. The van der Waals surface area contributed by atoms with Crippen molar-refractivity contribution in [3.05, 3.63) is 72.8 Å². The Morgan fingerprint density at radius 3 is 2.17 bits per heavy atom. The first-order valence-corrected chi connectivity index (χ1v) is 17.4. The van der Waals surface area contributed by atoms with Gasteiger partial charge in [0, 0.05) is 61.6 Å². The molecule has 2 aromatic carbocycles. The number of nitrogens with zero attached hydrogens (tertiary/aromatic N) is 4. The summed E-state index contributed by atoms with van der Waals surface area (Å²) in [6, 6.07) is 14.8.